The van der Waals surface area contributed by atoms with Crippen LogP contribution in [0.1, 0.15) is 30.9 Å². The number of nitrogens with zero attached hydrogens (tertiary/aromatic N) is 2. The maximum Gasteiger partial charge on any atom is 0.242 e. The molecule has 27 heavy (non-hydrogen) atoms. The molecule has 4 heteroatoms. The normalized spacial score (nSPS) is 17.5. The third-order valence-electron chi connectivity index (χ3n) is 5.94. The fourth-order valence-electron chi connectivity index (χ4n) is 4.05. The van der Waals surface area contributed by atoms with Crippen molar-refractivity contribution in [3.63, 3.8) is 0 Å². The highest BCUT2D eigenvalue weighted by Gasteiger charge is 2.20. The van der Waals surface area contributed by atoms with Gasteiger partial charge in [0.05, 0.1) is 6.54 Å². The molecule has 2 aromatic rings. The summed E-state index contributed by atoms with van der Waals surface area (Å²) in [6.07, 6.45) is 3.49. The molecule has 4 rings (SSSR count). The zero-order chi connectivity index (χ0) is 18.6. The van der Waals surface area contributed by atoms with Gasteiger partial charge in [0.15, 0.2) is 0 Å². The van der Waals surface area contributed by atoms with Crippen LogP contribution < -0.4 is 10.2 Å². The highest BCUT2D eigenvalue weighted by atomic mass is 16.2. The first-order valence-corrected chi connectivity index (χ1v) is 10.1. The summed E-state index contributed by atoms with van der Waals surface area (Å²) < 4.78 is 0. The SMILES string of the molecule is CC1CCN(c2ccc(NCC(=O)N3CCc4ccccc4C3)cc2)CC1. The number of carbonyl (C=O) groups excluding carboxylic acids is 1. The number of hydrogen-bond donors (Lipinski definition) is 1. The Morgan fingerprint density at radius 3 is 2.44 bits per heavy atom. The van der Waals surface area contributed by atoms with Crippen LogP contribution in [-0.2, 0) is 17.8 Å². The molecule has 0 saturated carbocycles. The van der Waals surface area contributed by atoms with Crippen molar-refractivity contribution in [3.8, 4) is 0 Å². The third kappa shape index (κ3) is 4.26. The number of anilines is 2. The van der Waals surface area contributed by atoms with Crippen molar-refractivity contribution in [2.75, 3.05) is 36.4 Å². The maximum atomic E-state index is 12.6. The van der Waals surface area contributed by atoms with Crippen LogP contribution in [0.25, 0.3) is 0 Å². The van der Waals surface area contributed by atoms with E-state index in [0.29, 0.717) is 6.54 Å². The summed E-state index contributed by atoms with van der Waals surface area (Å²) in [5.74, 6) is 1.01. The van der Waals surface area contributed by atoms with Gasteiger partial charge in [0.1, 0.15) is 0 Å². The summed E-state index contributed by atoms with van der Waals surface area (Å²) >= 11 is 0. The first-order valence-electron chi connectivity index (χ1n) is 10.1. The summed E-state index contributed by atoms with van der Waals surface area (Å²) in [5, 5.41) is 3.29. The van der Waals surface area contributed by atoms with E-state index in [4.69, 9.17) is 0 Å². The summed E-state index contributed by atoms with van der Waals surface area (Å²) in [6.45, 7) is 6.50. The Balaban J connectivity index is 1.29. The molecule has 2 aromatic carbocycles. The van der Waals surface area contributed by atoms with Gasteiger partial charge in [0.25, 0.3) is 0 Å². The Labute approximate surface area is 162 Å². The Morgan fingerprint density at radius 2 is 1.70 bits per heavy atom. The second kappa shape index (κ2) is 8.03. The summed E-state index contributed by atoms with van der Waals surface area (Å²) in [6, 6.07) is 16.9. The van der Waals surface area contributed by atoms with Crippen LogP contribution in [0.2, 0.25) is 0 Å². The number of nitrogens with one attached hydrogen (secondary N) is 1. The Hall–Kier alpha value is -2.49. The van der Waals surface area contributed by atoms with E-state index in [1.807, 2.05) is 4.90 Å². The Bertz CT molecular complexity index is 778. The quantitative estimate of drug-likeness (QED) is 0.894. The summed E-state index contributed by atoms with van der Waals surface area (Å²) in [7, 11) is 0. The molecule has 0 aliphatic carbocycles. The van der Waals surface area contributed by atoms with Crippen molar-refractivity contribution < 1.29 is 4.79 Å². The van der Waals surface area contributed by atoms with Crippen LogP contribution in [0.4, 0.5) is 11.4 Å². The van der Waals surface area contributed by atoms with E-state index < -0.39 is 0 Å². The molecular weight excluding hydrogens is 334 g/mol. The van der Waals surface area contributed by atoms with Crippen molar-refractivity contribution >= 4 is 17.3 Å². The second-order valence-corrected chi connectivity index (χ2v) is 7.90. The Kier molecular flexibility index (Phi) is 5.33. The highest BCUT2D eigenvalue weighted by molar-refractivity contribution is 5.81. The Morgan fingerprint density at radius 1 is 1.00 bits per heavy atom. The topological polar surface area (TPSA) is 35.6 Å². The van der Waals surface area contributed by atoms with E-state index in [2.05, 4.69) is 65.7 Å². The van der Waals surface area contributed by atoms with Gasteiger partial charge in [-0.25, -0.2) is 0 Å². The smallest absolute Gasteiger partial charge is 0.242 e. The third-order valence-corrected chi connectivity index (χ3v) is 5.94. The molecule has 0 unspecified atom stereocenters. The molecule has 1 N–H and O–H groups in total. The zero-order valence-electron chi connectivity index (χ0n) is 16.2. The molecule has 2 aliphatic rings. The minimum Gasteiger partial charge on any atom is -0.376 e. The van der Waals surface area contributed by atoms with Crippen molar-refractivity contribution in [2.24, 2.45) is 5.92 Å². The van der Waals surface area contributed by atoms with Crippen LogP contribution in [0, 0.1) is 5.92 Å². The molecule has 0 bridgehead atoms. The predicted molar refractivity (Wildman–Crippen MR) is 111 cm³/mol. The average molecular weight is 364 g/mol. The van der Waals surface area contributed by atoms with Crippen LogP contribution in [0.3, 0.4) is 0 Å². The standard InChI is InChI=1S/C23H29N3O/c1-18-10-13-25(14-11-18)22-8-6-21(7-9-22)24-16-23(27)26-15-12-19-4-2-3-5-20(19)17-26/h2-9,18,24H,10-17H2,1H3. The molecule has 1 amide bonds. The first-order chi connectivity index (χ1) is 13.2. The molecule has 1 saturated heterocycles. The lowest BCUT2D eigenvalue weighted by Crippen LogP contribution is -2.39. The van der Waals surface area contributed by atoms with E-state index in [1.165, 1.54) is 29.7 Å². The lowest BCUT2D eigenvalue weighted by Gasteiger charge is -2.32. The minimum absolute atomic E-state index is 0.165. The number of amides is 1. The van der Waals surface area contributed by atoms with Crippen molar-refractivity contribution in [2.45, 2.75) is 32.7 Å². The van der Waals surface area contributed by atoms with Crippen LogP contribution >= 0.6 is 0 Å². The van der Waals surface area contributed by atoms with Crippen LogP contribution in [0.15, 0.2) is 48.5 Å². The molecule has 142 valence electrons. The molecule has 1 fully saturated rings. The van der Waals surface area contributed by atoms with Gasteiger partial charge in [-0.3, -0.25) is 4.79 Å². The number of carbonyl (C=O) groups is 1. The van der Waals surface area contributed by atoms with Gasteiger partial charge in [-0.2, -0.15) is 0 Å². The molecule has 2 aliphatic heterocycles. The fourth-order valence-corrected chi connectivity index (χ4v) is 4.05. The fraction of sp³-hybridized carbons (Fsp3) is 0.435. The number of piperidine rings is 1. The number of benzene rings is 2. The minimum atomic E-state index is 0.165. The summed E-state index contributed by atoms with van der Waals surface area (Å²) in [4.78, 5) is 17.0. The van der Waals surface area contributed by atoms with E-state index in [0.717, 1.165) is 44.2 Å². The van der Waals surface area contributed by atoms with E-state index in [9.17, 15) is 4.79 Å². The number of fused-ring (bicyclic) bond motifs is 1. The lowest BCUT2D eigenvalue weighted by atomic mass is 9.99. The molecule has 0 aromatic heterocycles. The molecule has 2 heterocycles. The van der Waals surface area contributed by atoms with Gasteiger partial charge in [0.2, 0.25) is 5.91 Å². The molecule has 4 nitrogen and oxygen atoms in total. The van der Waals surface area contributed by atoms with E-state index in [-0.39, 0.29) is 5.91 Å². The number of rotatable bonds is 4. The van der Waals surface area contributed by atoms with Crippen LogP contribution in [0.5, 0.6) is 0 Å². The van der Waals surface area contributed by atoms with Gasteiger partial charge < -0.3 is 15.1 Å². The van der Waals surface area contributed by atoms with Gasteiger partial charge in [-0.05, 0) is 60.6 Å². The largest absolute Gasteiger partial charge is 0.376 e. The molecule has 0 radical (unpaired) electrons. The lowest BCUT2D eigenvalue weighted by molar-refractivity contribution is -0.130. The van der Waals surface area contributed by atoms with E-state index >= 15 is 0 Å². The van der Waals surface area contributed by atoms with Crippen molar-refractivity contribution in [1.82, 2.24) is 4.90 Å². The molecule has 0 atom stereocenters. The zero-order valence-corrected chi connectivity index (χ0v) is 16.2. The summed E-state index contributed by atoms with van der Waals surface area (Å²) in [5.41, 5.74) is 4.94. The maximum absolute atomic E-state index is 12.6. The van der Waals surface area contributed by atoms with E-state index in [1.54, 1.807) is 0 Å². The van der Waals surface area contributed by atoms with Gasteiger partial charge in [-0.15, -0.1) is 0 Å². The molecular formula is C23H29N3O. The predicted octanol–water partition coefficient (Wildman–Crippen LogP) is 3.92. The second-order valence-electron chi connectivity index (χ2n) is 7.90. The highest BCUT2D eigenvalue weighted by Crippen LogP contribution is 2.24. The number of hydrogen-bond acceptors (Lipinski definition) is 3. The van der Waals surface area contributed by atoms with Crippen molar-refractivity contribution in [1.29, 1.82) is 0 Å². The first kappa shape index (κ1) is 17.9. The van der Waals surface area contributed by atoms with Gasteiger partial charge in [0, 0.05) is 37.6 Å². The average Bonchev–Trinajstić information content (AvgIpc) is 2.72. The monoisotopic (exact) mass is 363 g/mol. The van der Waals surface area contributed by atoms with Crippen LogP contribution in [-0.4, -0.2) is 37.0 Å². The van der Waals surface area contributed by atoms with Gasteiger partial charge >= 0.3 is 0 Å². The van der Waals surface area contributed by atoms with Crippen molar-refractivity contribution in [3.05, 3.63) is 59.7 Å². The molecule has 0 spiro atoms. The van der Waals surface area contributed by atoms with Gasteiger partial charge in [-0.1, -0.05) is 31.2 Å².